The number of anilines is 1. The Labute approximate surface area is 206 Å². The normalized spacial score (nSPS) is 13.6. The Bertz CT molecular complexity index is 1160. The van der Waals surface area contributed by atoms with Crippen molar-refractivity contribution in [1.29, 1.82) is 0 Å². The van der Waals surface area contributed by atoms with Gasteiger partial charge in [0.1, 0.15) is 32.6 Å². The van der Waals surface area contributed by atoms with Crippen molar-refractivity contribution in [2.24, 2.45) is 4.40 Å². The molecule has 178 valence electrons. The molecule has 3 heterocycles. The van der Waals surface area contributed by atoms with Gasteiger partial charge < -0.3 is 13.7 Å². The minimum absolute atomic E-state index is 0.158. The van der Waals surface area contributed by atoms with Crippen molar-refractivity contribution >= 4 is 62.5 Å². The molecule has 3 aromatic rings. The minimum atomic E-state index is -1.39. The molecule has 0 aliphatic rings. The van der Waals surface area contributed by atoms with Crippen LogP contribution >= 0.6 is 22.9 Å². The highest BCUT2D eigenvalue weighted by Gasteiger charge is 2.29. The lowest BCUT2D eigenvalue weighted by Gasteiger charge is -2.27. The minimum Gasteiger partial charge on any atom is -0.591 e. The molecule has 0 saturated heterocycles. The largest absolute Gasteiger partial charge is 0.591 e. The van der Waals surface area contributed by atoms with Crippen molar-refractivity contribution in [3.8, 4) is 0 Å². The van der Waals surface area contributed by atoms with Gasteiger partial charge in [0.15, 0.2) is 0 Å². The third-order valence-electron chi connectivity index (χ3n) is 4.45. The van der Waals surface area contributed by atoms with Gasteiger partial charge in [0.25, 0.3) is 0 Å². The highest BCUT2D eigenvalue weighted by molar-refractivity contribution is 7.91. The Morgan fingerprint density at radius 2 is 2.06 bits per heavy atom. The van der Waals surface area contributed by atoms with Crippen LogP contribution in [0, 0.1) is 6.92 Å². The van der Waals surface area contributed by atoms with Crippen LogP contribution in [-0.4, -0.2) is 32.2 Å². The molecule has 0 radical (unpaired) electrons. The van der Waals surface area contributed by atoms with E-state index in [0.717, 1.165) is 15.1 Å². The second-order valence-electron chi connectivity index (χ2n) is 9.48. The van der Waals surface area contributed by atoms with Crippen molar-refractivity contribution < 1.29 is 18.5 Å². The van der Waals surface area contributed by atoms with Crippen molar-refractivity contribution in [2.45, 2.75) is 65.4 Å². The second-order valence-corrected chi connectivity index (χ2v) is 12.8. The first-order chi connectivity index (χ1) is 15.3. The van der Waals surface area contributed by atoms with E-state index in [9.17, 15) is 9.35 Å². The molecule has 0 spiro atoms. The number of rotatable bonds is 5. The summed E-state index contributed by atoms with van der Waals surface area (Å²) in [5.74, 6) is 0.595. The first-order valence-corrected chi connectivity index (χ1v) is 12.6. The van der Waals surface area contributed by atoms with E-state index < -0.39 is 27.8 Å². The number of ether oxygens (including phenoxy) is 1. The van der Waals surface area contributed by atoms with Crippen LogP contribution in [0.4, 0.5) is 10.5 Å². The summed E-state index contributed by atoms with van der Waals surface area (Å²) in [6.07, 6.45) is 2.62. The molecule has 33 heavy (non-hydrogen) atoms. The summed E-state index contributed by atoms with van der Waals surface area (Å²) in [4.78, 5) is 20.0. The fourth-order valence-electron chi connectivity index (χ4n) is 2.85. The molecule has 0 aromatic carbocycles. The van der Waals surface area contributed by atoms with Gasteiger partial charge in [-0.15, -0.1) is 11.3 Å². The van der Waals surface area contributed by atoms with E-state index in [1.54, 1.807) is 30.7 Å². The Morgan fingerprint density at radius 3 is 2.64 bits per heavy atom. The number of halogens is 1. The zero-order valence-electron chi connectivity index (χ0n) is 19.8. The zero-order chi connectivity index (χ0) is 24.6. The highest BCUT2D eigenvalue weighted by Crippen LogP contribution is 2.39. The fraction of sp³-hybridized carbons (Fsp3) is 0.435. The summed E-state index contributed by atoms with van der Waals surface area (Å²) >= 11 is 6.37. The standard InChI is InChI=1S/C23H28ClN3O4S2/c1-14-17(12-25-33(29)23(5,6)7)32-20-16(11-18(24)26-19(14)20)27(13-15-9-8-10-30-15)21(28)31-22(2,3)4/h8-12H,13H2,1-7H3/b25-12+/t33-/m1/s1. The van der Waals surface area contributed by atoms with Gasteiger partial charge in [-0.3, -0.25) is 4.90 Å². The number of thiophene rings is 1. The quantitative estimate of drug-likeness (QED) is 0.217. The number of carbonyl (C=O) groups excluding carboxylic acids is 1. The number of pyridine rings is 1. The molecule has 1 amide bonds. The first-order valence-electron chi connectivity index (χ1n) is 10.3. The van der Waals surface area contributed by atoms with Crippen LogP contribution in [0.1, 0.15) is 57.7 Å². The molecule has 0 N–H and O–H groups in total. The van der Waals surface area contributed by atoms with Gasteiger partial charge in [-0.25, -0.2) is 9.78 Å². The van der Waals surface area contributed by atoms with Gasteiger partial charge in [-0.2, -0.15) is 0 Å². The number of amides is 1. The summed E-state index contributed by atoms with van der Waals surface area (Å²) in [6, 6.07) is 5.19. The SMILES string of the molecule is Cc1c(/C=N/[S@+]([O-])C(C)(C)C)sc2c(N(Cc3ccco3)C(=O)OC(C)(C)C)cc(Cl)nc12. The molecule has 10 heteroatoms. The first kappa shape index (κ1) is 25.6. The molecule has 3 aromatic heterocycles. The van der Waals surface area contributed by atoms with Crippen LogP contribution in [0.3, 0.4) is 0 Å². The lowest BCUT2D eigenvalue weighted by Crippen LogP contribution is -2.36. The van der Waals surface area contributed by atoms with Crippen molar-refractivity contribution in [1.82, 2.24) is 4.98 Å². The number of aromatic nitrogens is 1. The molecule has 1 atom stereocenters. The number of hydrogen-bond donors (Lipinski definition) is 0. The fourth-order valence-corrected chi connectivity index (χ4v) is 4.76. The van der Waals surface area contributed by atoms with Gasteiger partial charge >= 0.3 is 6.09 Å². The average molecular weight is 510 g/mol. The maximum absolute atomic E-state index is 13.2. The topological polar surface area (TPSA) is 91.0 Å². The Hall–Kier alpha value is -2.07. The van der Waals surface area contributed by atoms with Crippen LogP contribution in [0.5, 0.6) is 0 Å². The predicted molar refractivity (Wildman–Crippen MR) is 136 cm³/mol. The van der Waals surface area contributed by atoms with Gasteiger partial charge in [0.05, 0.1) is 39.8 Å². The smallest absolute Gasteiger partial charge is 0.415 e. The third-order valence-corrected chi connectivity index (χ3v) is 7.22. The van der Waals surface area contributed by atoms with Crippen molar-refractivity contribution in [2.75, 3.05) is 4.90 Å². The summed E-state index contributed by atoms with van der Waals surface area (Å²) in [7, 11) is 0. The van der Waals surface area contributed by atoms with E-state index in [2.05, 4.69) is 9.38 Å². The van der Waals surface area contributed by atoms with E-state index in [0.29, 0.717) is 17.0 Å². The molecule has 7 nitrogen and oxygen atoms in total. The Kier molecular flexibility index (Phi) is 7.48. The summed E-state index contributed by atoms with van der Waals surface area (Å²) in [5.41, 5.74) is 1.36. The number of carbonyl (C=O) groups is 1. The van der Waals surface area contributed by atoms with E-state index in [1.165, 1.54) is 16.2 Å². The molecule has 0 saturated carbocycles. The Morgan fingerprint density at radius 1 is 1.36 bits per heavy atom. The van der Waals surface area contributed by atoms with Gasteiger partial charge in [-0.1, -0.05) is 16.0 Å². The maximum atomic E-state index is 13.2. The zero-order valence-corrected chi connectivity index (χ0v) is 22.2. The lowest BCUT2D eigenvalue weighted by molar-refractivity contribution is 0.0575. The molecule has 0 aliphatic heterocycles. The van der Waals surface area contributed by atoms with E-state index in [1.807, 2.05) is 48.5 Å². The predicted octanol–water partition coefficient (Wildman–Crippen LogP) is 6.67. The maximum Gasteiger partial charge on any atom is 0.415 e. The van der Waals surface area contributed by atoms with Crippen molar-refractivity contribution in [3.63, 3.8) is 0 Å². The number of fused-ring (bicyclic) bond motifs is 1. The van der Waals surface area contributed by atoms with Gasteiger partial charge in [0.2, 0.25) is 0 Å². The van der Waals surface area contributed by atoms with Crippen LogP contribution < -0.4 is 4.90 Å². The van der Waals surface area contributed by atoms with E-state index in [-0.39, 0.29) is 11.7 Å². The third kappa shape index (κ3) is 6.29. The van der Waals surface area contributed by atoms with Crippen LogP contribution in [-0.2, 0) is 22.6 Å². The number of hydrogen-bond acceptors (Lipinski definition) is 7. The summed E-state index contributed by atoms with van der Waals surface area (Å²) < 4.78 is 28.1. The molecule has 0 bridgehead atoms. The molecule has 0 fully saturated rings. The van der Waals surface area contributed by atoms with Crippen LogP contribution in [0.25, 0.3) is 10.2 Å². The van der Waals surface area contributed by atoms with Crippen molar-refractivity contribution in [3.05, 3.63) is 45.8 Å². The lowest BCUT2D eigenvalue weighted by atomic mass is 10.2. The second kappa shape index (κ2) is 9.66. The number of furan rings is 1. The molecule has 0 aliphatic carbocycles. The monoisotopic (exact) mass is 509 g/mol. The van der Waals surface area contributed by atoms with Gasteiger partial charge in [0, 0.05) is 6.07 Å². The molecule has 0 unspecified atom stereocenters. The molecule has 3 rings (SSSR count). The molecular formula is C23H28ClN3O4S2. The number of aryl methyl sites for hydroxylation is 1. The van der Waals surface area contributed by atoms with Crippen LogP contribution in [0.2, 0.25) is 5.15 Å². The van der Waals surface area contributed by atoms with E-state index >= 15 is 0 Å². The van der Waals surface area contributed by atoms with Gasteiger partial charge in [-0.05, 0) is 66.2 Å². The average Bonchev–Trinajstić information content (AvgIpc) is 3.30. The number of nitrogens with zero attached hydrogens (tertiary/aromatic N) is 3. The Balaban J connectivity index is 2.11. The highest BCUT2D eigenvalue weighted by atomic mass is 35.5. The summed E-state index contributed by atoms with van der Waals surface area (Å²) in [5, 5.41) is 0.244. The van der Waals surface area contributed by atoms with E-state index in [4.69, 9.17) is 20.8 Å². The summed E-state index contributed by atoms with van der Waals surface area (Å²) in [6.45, 7) is 13.1. The van der Waals surface area contributed by atoms with Crippen LogP contribution in [0.15, 0.2) is 33.3 Å². The molecular weight excluding hydrogens is 482 g/mol.